The van der Waals surface area contributed by atoms with Crippen LogP contribution in [0.25, 0.3) is 11.0 Å². The first kappa shape index (κ1) is 19.4. The maximum Gasteiger partial charge on any atom is 0.244 e. The Kier molecular flexibility index (Phi) is 5.56. The number of para-hydroxylation sites is 2. The SMILES string of the molecule is CCNc1cc(Nc2ccc(NC(=O)Cn3cnc4ccccc43)cc2)nc(C)n1. The number of amides is 1. The molecule has 0 saturated heterocycles. The molecule has 2 aromatic carbocycles. The van der Waals surface area contributed by atoms with Crippen molar-refractivity contribution >= 4 is 40.0 Å². The van der Waals surface area contributed by atoms with Gasteiger partial charge in [-0.2, -0.15) is 0 Å². The molecule has 2 aromatic heterocycles. The van der Waals surface area contributed by atoms with Crippen LogP contribution in [0.1, 0.15) is 12.7 Å². The molecule has 3 N–H and O–H groups in total. The van der Waals surface area contributed by atoms with E-state index in [-0.39, 0.29) is 12.5 Å². The Bertz CT molecular complexity index is 1170. The maximum atomic E-state index is 12.4. The molecule has 4 aromatic rings. The van der Waals surface area contributed by atoms with Gasteiger partial charge in [-0.3, -0.25) is 4.79 Å². The lowest BCUT2D eigenvalue weighted by molar-refractivity contribution is -0.116. The number of nitrogens with zero attached hydrogens (tertiary/aromatic N) is 4. The summed E-state index contributed by atoms with van der Waals surface area (Å²) in [6.07, 6.45) is 1.68. The Morgan fingerprint density at radius 3 is 2.53 bits per heavy atom. The van der Waals surface area contributed by atoms with Crippen molar-refractivity contribution in [3.05, 3.63) is 66.7 Å². The predicted octanol–water partition coefficient (Wildman–Crippen LogP) is 3.95. The molecule has 0 spiro atoms. The molecule has 0 aliphatic rings. The summed E-state index contributed by atoms with van der Waals surface area (Å²) in [6.45, 7) is 4.87. The van der Waals surface area contributed by atoms with Crippen molar-refractivity contribution < 1.29 is 4.79 Å². The van der Waals surface area contributed by atoms with Crippen molar-refractivity contribution in [1.82, 2.24) is 19.5 Å². The van der Waals surface area contributed by atoms with Gasteiger partial charge < -0.3 is 20.5 Å². The molecule has 0 fully saturated rings. The Morgan fingerprint density at radius 1 is 1.00 bits per heavy atom. The molecule has 8 heteroatoms. The van der Waals surface area contributed by atoms with Crippen LogP contribution in [0.4, 0.5) is 23.0 Å². The van der Waals surface area contributed by atoms with Crippen LogP contribution in [-0.2, 0) is 11.3 Å². The molecule has 0 bridgehead atoms. The number of fused-ring (bicyclic) bond motifs is 1. The van der Waals surface area contributed by atoms with Gasteiger partial charge in [-0.25, -0.2) is 15.0 Å². The molecule has 4 rings (SSSR count). The average Bonchev–Trinajstić information content (AvgIpc) is 3.12. The van der Waals surface area contributed by atoms with Gasteiger partial charge >= 0.3 is 0 Å². The number of aryl methyl sites for hydroxylation is 1. The van der Waals surface area contributed by atoms with Crippen LogP contribution in [0.15, 0.2) is 60.9 Å². The van der Waals surface area contributed by atoms with E-state index in [9.17, 15) is 4.79 Å². The summed E-state index contributed by atoms with van der Waals surface area (Å²) in [5, 5.41) is 9.37. The lowest BCUT2D eigenvalue weighted by Gasteiger charge is -2.11. The van der Waals surface area contributed by atoms with Gasteiger partial charge in [-0.1, -0.05) is 12.1 Å². The second-order valence-electron chi connectivity index (χ2n) is 6.83. The molecular weight excluding hydrogens is 378 g/mol. The highest BCUT2D eigenvalue weighted by molar-refractivity contribution is 5.91. The molecular formula is C22H23N7O. The number of imidazole rings is 1. The minimum atomic E-state index is -0.111. The van der Waals surface area contributed by atoms with Crippen molar-refractivity contribution in [1.29, 1.82) is 0 Å². The fourth-order valence-electron chi connectivity index (χ4n) is 3.18. The number of anilines is 4. The van der Waals surface area contributed by atoms with Crippen molar-refractivity contribution in [2.75, 3.05) is 22.5 Å². The van der Waals surface area contributed by atoms with Gasteiger partial charge in [0, 0.05) is 24.0 Å². The fraction of sp³-hybridized carbons (Fsp3) is 0.182. The van der Waals surface area contributed by atoms with Crippen molar-refractivity contribution in [2.45, 2.75) is 20.4 Å². The summed E-state index contributed by atoms with van der Waals surface area (Å²) in [6, 6.07) is 17.1. The molecule has 1 amide bonds. The molecule has 0 radical (unpaired) electrons. The van der Waals surface area contributed by atoms with Gasteiger partial charge in [0.25, 0.3) is 0 Å². The third kappa shape index (κ3) is 4.54. The summed E-state index contributed by atoms with van der Waals surface area (Å²) >= 11 is 0. The summed E-state index contributed by atoms with van der Waals surface area (Å²) < 4.78 is 1.83. The summed E-state index contributed by atoms with van der Waals surface area (Å²) in [5.74, 6) is 2.07. The number of hydrogen-bond donors (Lipinski definition) is 3. The second kappa shape index (κ2) is 8.60. The van der Waals surface area contributed by atoms with Gasteiger partial charge in [0.15, 0.2) is 0 Å². The van der Waals surface area contributed by atoms with Crippen molar-refractivity contribution in [3.8, 4) is 0 Å². The number of hydrogen-bond acceptors (Lipinski definition) is 6. The van der Waals surface area contributed by atoms with Gasteiger partial charge in [0.2, 0.25) is 5.91 Å². The van der Waals surface area contributed by atoms with Gasteiger partial charge in [0.1, 0.15) is 24.0 Å². The highest BCUT2D eigenvalue weighted by atomic mass is 16.1. The molecule has 30 heavy (non-hydrogen) atoms. The quantitative estimate of drug-likeness (QED) is 0.434. The summed E-state index contributed by atoms with van der Waals surface area (Å²) in [4.78, 5) is 25.5. The third-order valence-electron chi connectivity index (χ3n) is 4.48. The largest absolute Gasteiger partial charge is 0.370 e. The number of benzene rings is 2. The van der Waals surface area contributed by atoms with Crippen LogP contribution >= 0.6 is 0 Å². The van der Waals surface area contributed by atoms with Crippen LogP contribution in [0.5, 0.6) is 0 Å². The number of aromatic nitrogens is 4. The first-order valence-corrected chi connectivity index (χ1v) is 9.77. The molecule has 2 heterocycles. The van der Waals surface area contributed by atoms with Crippen LogP contribution in [0, 0.1) is 6.92 Å². The molecule has 0 saturated carbocycles. The zero-order chi connectivity index (χ0) is 20.9. The van der Waals surface area contributed by atoms with E-state index in [1.54, 1.807) is 6.33 Å². The lowest BCUT2D eigenvalue weighted by atomic mass is 10.2. The predicted molar refractivity (Wildman–Crippen MR) is 119 cm³/mol. The van der Waals surface area contributed by atoms with Gasteiger partial charge in [-0.15, -0.1) is 0 Å². The highest BCUT2D eigenvalue weighted by Gasteiger charge is 2.08. The number of nitrogens with one attached hydrogen (secondary N) is 3. The molecule has 152 valence electrons. The minimum absolute atomic E-state index is 0.111. The van der Waals surface area contributed by atoms with E-state index >= 15 is 0 Å². The maximum absolute atomic E-state index is 12.4. The van der Waals surface area contributed by atoms with E-state index < -0.39 is 0 Å². The van der Waals surface area contributed by atoms with Crippen LogP contribution in [0.2, 0.25) is 0 Å². The Morgan fingerprint density at radius 2 is 1.73 bits per heavy atom. The third-order valence-corrected chi connectivity index (χ3v) is 4.48. The monoisotopic (exact) mass is 401 g/mol. The molecule has 8 nitrogen and oxygen atoms in total. The molecule has 0 atom stereocenters. The Labute approximate surface area is 174 Å². The first-order chi connectivity index (χ1) is 14.6. The van der Waals surface area contributed by atoms with E-state index in [4.69, 9.17) is 0 Å². The summed E-state index contributed by atoms with van der Waals surface area (Å²) in [7, 11) is 0. The van der Waals surface area contributed by atoms with Crippen molar-refractivity contribution in [2.24, 2.45) is 0 Å². The average molecular weight is 401 g/mol. The number of rotatable bonds is 7. The van der Waals surface area contributed by atoms with E-state index in [1.807, 2.05) is 73.0 Å². The lowest BCUT2D eigenvalue weighted by Crippen LogP contribution is -2.18. The minimum Gasteiger partial charge on any atom is -0.370 e. The smallest absolute Gasteiger partial charge is 0.244 e. The first-order valence-electron chi connectivity index (χ1n) is 9.77. The Balaban J connectivity index is 1.39. The number of carbonyl (C=O) groups is 1. The number of carbonyl (C=O) groups excluding carboxylic acids is 1. The van der Waals surface area contributed by atoms with E-state index in [1.165, 1.54) is 0 Å². The summed E-state index contributed by atoms with van der Waals surface area (Å²) in [5.41, 5.74) is 3.40. The van der Waals surface area contributed by atoms with E-state index in [0.29, 0.717) is 11.6 Å². The molecule has 0 aliphatic heterocycles. The van der Waals surface area contributed by atoms with Crippen LogP contribution in [-0.4, -0.2) is 32.0 Å². The fourth-order valence-corrected chi connectivity index (χ4v) is 3.18. The topological polar surface area (TPSA) is 96.8 Å². The van der Waals surface area contributed by atoms with Crippen molar-refractivity contribution in [3.63, 3.8) is 0 Å². The highest BCUT2D eigenvalue weighted by Crippen LogP contribution is 2.20. The van der Waals surface area contributed by atoms with Crippen LogP contribution < -0.4 is 16.0 Å². The zero-order valence-electron chi connectivity index (χ0n) is 16.9. The van der Waals surface area contributed by atoms with E-state index in [2.05, 4.69) is 30.9 Å². The second-order valence-corrected chi connectivity index (χ2v) is 6.83. The normalized spacial score (nSPS) is 10.7. The Hall–Kier alpha value is -3.94. The molecule has 0 unspecified atom stereocenters. The van der Waals surface area contributed by atoms with E-state index in [0.717, 1.165) is 34.8 Å². The zero-order valence-corrected chi connectivity index (χ0v) is 16.9. The van der Waals surface area contributed by atoms with Gasteiger partial charge in [0.05, 0.1) is 17.4 Å². The molecule has 0 aliphatic carbocycles. The van der Waals surface area contributed by atoms with Crippen LogP contribution in [0.3, 0.4) is 0 Å². The van der Waals surface area contributed by atoms with Gasteiger partial charge in [-0.05, 0) is 50.2 Å². The standard InChI is InChI=1S/C22H23N7O/c1-3-23-20-12-21(26-15(2)25-20)27-16-8-10-17(11-9-16)28-22(30)13-29-14-24-18-6-4-5-7-19(18)29/h4-12,14H,3,13H2,1-2H3,(H,28,30)(H2,23,25,26,27).